The second-order valence-corrected chi connectivity index (χ2v) is 4.14. The molecule has 1 aromatic rings. The van der Waals surface area contributed by atoms with Crippen LogP contribution < -0.4 is 19.5 Å². The second kappa shape index (κ2) is 7.05. The van der Waals surface area contributed by atoms with Gasteiger partial charge in [-0.3, -0.25) is 4.79 Å². The lowest BCUT2D eigenvalue weighted by molar-refractivity contribution is -0.142. The van der Waals surface area contributed by atoms with Gasteiger partial charge in [-0.05, 0) is 6.92 Å². The van der Waals surface area contributed by atoms with Gasteiger partial charge in [-0.1, -0.05) is 0 Å². The van der Waals surface area contributed by atoms with Crippen molar-refractivity contribution in [3.63, 3.8) is 0 Å². The third-order valence-corrected chi connectivity index (χ3v) is 2.47. The van der Waals surface area contributed by atoms with Crippen LogP contribution in [0, 0.1) is 0 Å². The Hall–Kier alpha value is -2.12. The molecular formula is C13H16F3NO4. The molecule has 0 heterocycles. The smallest absolute Gasteiger partial charge is 0.405 e. The van der Waals surface area contributed by atoms with E-state index in [-0.39, 0.29) is 5.75 Å². The minimum atomic E-state index is -4.46. The SMILES string of the molecule is COc1cc(OC)cc(O[C@@H](C)C(=O)NCC(F)(F)F)c1. The van der Waals surface area contributed by atoms with E-state index >= 15 is 0 Å². The summed E-state index contributed by atoms with van der Waals surface area (Å²) in [4.78, 5) is 11.5. The molecule has 0 aliphatic heterocycles. The van der Waals surface area contributed by atoms with Crippen molar-refractivity contribution in [2.24, 2.45) is 0 Å². The first-order valence-electron chi connectivity index (χ1n) is 5.99. The van der Waals surface area contributed by atoms with Crippen LogP contribution in [0.2, 0.25) is 0 Å². The van der Waals surface area contributed by atoms with Crippen molar-refractivity contribution >= 4 is 5.91 Å². The van der Waals surface area contributed by atoms with Gasteiger partial charge in [0.25, 0.3) is 5.91 Å². The number of nitrogens with one attached hydrogen (secondary N) is 1. The number of alkyl halides is 3. The molecule has 21 heavy (non-hydrogen) atoms. The predicted molar refractivity (Wildman–Crippen MR) is 68.7 cm³/mol. The highest BCUT2D eigenvalue weighted by Crippen LogP contribution is 2.28. The maximum Gasteiger partial charge on any atom is 0.405 e. The Labute approximate surface area is 120 Å². The molecule has 8 heteroatoms. The fraction of sp³-hybridized carbons (Fsp3) is 0.462. The van der Waals surface area contributed by atoms with Crippen LogP contribution in [0.4, 0.5) is 13.2 Å². The summed E-state index contributed by atoms with van der Waals surface area (Å²) in [5, 5.41) is 1.75. The number of hydrogen-bond donors (Lipinski definition) is 1. The molecule has 0 aliphatic carbocycles. The summed E-state index contributed by atoms with van der Waals surface area (Å²) in [5.41, 5.74) is 0. The molecular weight excluding hydrogens is 291 g/mol. The number of rotatable bonds is 6. The van der Waals surface area contributed by atoms with E-state index in [9.17, 15) is 18.0 Å². The van der Waals surface area contributed by atoms with Gasteiger partial charge < -0.3 is 19.5 Å². The first kappa shape index (κ1) is 16.9. The normalized spacial score (nSPS) is 12.5. The number of carbonyl (C=O) groups is 1. The van der Waals surface area contributed by atoms with Crippen LogP contribution in [0.25, 0.3) is 0 Å². The highest BCUT2D eigenvalue weighted by atomic mass is 19.4. The topological polar surface area (TPSA) is 56.8 Å². The Morgan fingerprint density at radius 3 is 2.05 bits per heavy atom. The molecule has 1 rings (SSSR count). The van der Waals surface area contributed by atoms with Crippen LogP contribution >= 0.6 is 0 Å². The minimum Gasteiger partial charge on any atom is -0.496 e. The lowest BCUT2D eigenvalue weighted by Crippen LogP contribution is -2.41. The molecule has 1 N–H and O–H groups in total. The quantitative estimate of drug-likeness (QED) is 0.875. The lowest BCUT2D eigenvalue weighted by Gasteiger charge is -2.16. The van der Waals surface area contributed by atoms with Crippen molar-refractivity contribution in [1.29, 1.82) is 0 Å². The minimum absolute atomic E-state index is 0.251. The summed E-state index contributed by atoms with van der Waals surface area (Å²) in [5.74, 6) is 0.259. The van der Waals surface area contributed by atoms with Crippen molar-refractivity contribution in [1.82, 2.24) is 5.32 Å². The third-order valence-electron chi connectivity index (χ3n) is 2.47. The number of hydrogen-bond acceptors (Lipinski definition) is 4. The first-order valence-corrected chi connectivity index (χ1v) is 5.99. The fourth-order valence-electron chi connectivity index (χ4n) is 1.44. The van der Waals surface area contributed by atoms with E-state index in [0.29, 0.717) is 11.5 Å². The van der Waals surface area contributed by atoms with Gasteiger partial charge in [-0.2, -0.15) is 13.2 Å². The van der Waals surface area contributed by atoms with Crippen molar-refractivity contribution in [2.45, 2.75) is 19.2 Å². The molecule has 0 saturated carbocycles. The van der Waals surface area contributed by atoms with Gasteiger partial charge in [0.2, 0.25) is 0 Å². The molecule has 0 fully saturated rings. The Morgan fingerprint density at radius 2 is 1.62 bits per heavy atom. The standard InChI is InChI=1S/C13H16F3NO4/c1-8(12(18)17-7-13(14,15)16)21-11-5-9(19-2)4-10(6-11)20-3/h4-6,8H,7H2,1-3H3,(H,17,18)/t8-/m0/s1. The summed E-state index contributed by atoms with van der Waals surface area (Å²) in [7, 11) is 2.88. The molecule has 0 saturated heterocycles. The highest BCUT2D eigenvalue weighted by Gasteiger charge is 2.29. The van der Waals surface area contributed by atoms with Crippen LogP contribution in [0.1, 0.15) is 6.92 Å². The third kappa shape index (κ3) is 5.80. The summed E-state index contributed by atoms with van der Waals surface area (Å²) < 4.78 is 51.4. The number of carbonyl (C=O) groups excluding carboxylic acids is 1. The molecule has 1 atom stereocenters. The van der Waals surface area contributed by atoms with Crippen LogP contribution in [-0.4, -0.2) is 39.0 Å². The van der Waals surface area contributed by atoms with E-state index in [1.165, 1.54) is 33.3 Å². The van der Waals surface area contributed by atoms with Gasteiger partial charge in [-0.15, -0.1) is 0 Å². The van der Waals surface area contributed by atoms with E-state index < -0.39 is 24.7 Å². The van der Waals surface area contributed by atoms with Crippen LogP contribution in [0.3, 0.4) is 0 Å². The van der Waals surface area contributed by atoms with Gasteiger partial charge in [0, 0.05) is 18.2 Å². The molecule has 0 aromatic heterocycles. The average Bonchev–Trinajstić information content (AvgIpc) is 2.43. The van der Waals surface area contributed by atoms with Crippen molar-refractivity contribution < 1.29 is 32.2 Å². The van der Waals surface area contributed by atoms with E-state index in [4.69, 9.17) is 14.2 Å². The maximum atomic E-state index is 12.0. The van der Waals surface area contributed by atoms with Gasteiger partial charge >= 0.3 is 6.18 Å². The molecule has 5 nitrogen and oxygen atoms in total. The summed E-state index contributed by atoms with van der Waals surface area (Å²) in [6.45, 7) is -0.0569. The molecule has 0 unspecified atom stereocenters. The van der Waals surface area contributed by atoms with Gasteiger partial charge in [0.1, 0.15) is 23.8 Å². The maximum absolute atomic E-state index is 12.0. The Kier molecular flexibility index (Phi) is 5.69. The molecule has 0 spiro atoms. The van der Waals surface area contributed by atoms with E-state index in [1.54, 1.807) is 11.4 Å². The zero-order valence-corrected chi connectivity index (χ0v) is 11.8. The summed E-state index contributed by atoms with van der Waals surface area (Å²) in [6.07, 6.45) is -5.56. The molecule has 1 aromatic carbocycles. The van der Waals surface area contributed by atoms with Gasteiger partial charge in [0.05, 0.1) is 14.2 Å². The van der Waals surface area contributed by atoms with Crippen LogP contribution in [0.5, 0.6) is 17.2 Å². The zero-order valence-electron chi connectivity index (χ0n) is 11.8. The van der Waals surface area contributed by atoms with Gasteiger partial charge in [-0.25, -0.2) is 0 Å². The lowest BCUT2D eigenvalue weighted by atomic mass is 10.3. The number of amides is 1. The van der Waals surface area contributed by atoms with Crippen molar-refractivity contribution in [2.75, 3.05) is 20.8 Å². The largest absolute Gasteiger partial charge is 0.496 e. The molecule has 0 aliphatic rings. The molecule has 118 valence electrons. The number of benzene rings is 1. The van der Waals surface area contributed by atoms with Crippen LogP contribution in [-0.2, 0) is 4.79 Å². The van der Waals surface area contributed by atoms with E-state index in [2.05, 4.69) is 0 Å². The Balaban J connectivity index is 2.69. The fourth-order valence-corrected chi connectivity index (χ4v) is 1.44. The Bertz CT molecular complexity index is 469. The second-order valence-electron chi connectivity index (χ2n) is 4.14. The average molecular weight is 307 g/mol. The molecule has 0 bridgehead atoms. The summed E-state index contributed by atoms with van der Waals surface area (Å²) in [6, 6.07) is 4.59. The number of halogens is 3. The highest BCUT2D eigenvalue weighted by molar-refractivity contribution is 5.80. The van der Waals surface area contributed by atoms with Crippen molar-refractivity contribution in [3.05, 3.63) is 18.2 Å². The predicted octanol–water partition coefficient (Wildman–Crippen LogP) is 2.15. The van der Waals surface area contributed by atoms with Crippen molar-refractivity contribution in [3.8, 4) is 17.2 Å². The number of methoxy groups -OCH3 is 2. The molecule has 1 amide bonds. The number of ether oxygens (including phenoxy) is 3. The Morgan fingerprint density at radius 1 is 1.14 bits per heavy atom. The first-order chi connectivity index (χ1) is 9.75. The van der Waals surface area contributed by atoms with E-state index in [0.717, 1.165) is 0 Å². The molecule has 0 radical (unpaired) electrons. The van der Waals surface area contributed by atoms with Gasteiger partial charge in [0.15, 0.2) is 6.10 Å². The zero-order chi connectivity index (χ0) is 16.0. The van der Waals surface area contributed by atoms with E-state index in [1.807, 2.05) is 0 Å². The van der Waals surface area contributed by atoms with Crippen LogP contribution in [0.15, 0.2) is 18.2 Å². The monoisotopic (exact) mass is 307 g/mol. The summed E-state index contributed by atoms with van der Waals surface area (Å²) >= 11 is 0.